The van der Waals surface area contributed by atoms with Crippen LogP contribution in [0.3, 0.4) is 0 Å². The van der Waals surface area contributed by atoms with Gasteiger partial charge >= 0.3 is 0 Å². The predicted molar refractivity (Wildman–Crippen MR) is 177 cm³/mol. The molecule has 0 aliphatic heterocycles. The fourth-order valence-corrected chi connectivity index (χ4v) is 5.49. The molecule has 0 aliphatic rings. The minimum atomic E-state index is -0.0364. The first-order chi connectivity index (χ1) is 20.2. The standard InChI is InChI=1S/C37H58N2O2/c1-3-5-6-7-8-9-10-11-12-13-14-15-16-17-18-19-20-21-25-28-36(40)38-34-31-29-33(30-32-34)37(41)39(4-2)35-26-23-22-24-27-35/h22-24,26-27,29-32H,3-21,25,28H2,1-2H3,(H,38,40). The van der Waals surface area contributed by atoms with E-state index >= 15 is 0 Å². The second kappa shape index (κ2) is 23.0. The summed E-state index contributed by atoms with van der Waals surface area (Å²) >= 11 is 0. The summed E-state index contributed by atoms with van der Waals surface area (Å²) in [7, 11) is 0. The lowest BCUT2D eigenvalue weighted by atomic mass is 10.0. The molecular formula is C37H58N2O2. The molecular weight excluding hydrogens is 504 g/mol. The van der Waals surface area contributed by atoms with Crippen molar-refractivity contribution in [1.82, 2.24) is 0 Å². The van der Waals surface area contributed by atoms with Gasteiger partial charge in [0.15, 0.2) is 0 Å². The number of rotatable bonds is 24. The van der Waals surface area contributed by atoms with Crippen LogP contribution in [0, 0.1) is 0 Å². The summed E-state index contributed by atoms with van der Waals surface area (Å²) in [5.41, 5.74) is 2.25. The van der Waals surface area contributed by atoms with Gasteiger partial charge in [-0.2, -0.15) is 0 Å². The van der Waals surface area contributed by atoms with E-state index in [4.69, 9.17) is 0 Å². The van der Waals surface area contributed by atoms with Crippen LogP contribution in [-0.2, 0) is 4.79 Å². The van der Waals surface area contributed by atoms with Crippen LogP contribution >= 0.6 is 0 Å². The first-order valence-corrected chi connectivity index (χ1v) is 16.9. The zero-order chi connectivity index (χ0) is 29.4. The van der Waals surface area contributed by atoms with Gasteiger partial charge in [0, 0.05) is 29.9 Å². The molecule has 1 N–H and O–H groups in total. The van der Waals surface area contributed by atoms with Gasteiger partial charge in [-0.05, 0) is 49.7 Å². The van der Waals surface area contributed by atoms with Crippen molar-refractivity contribution in [2.24, 2.45) is 0 Å². The molecule has 4 nitrogen and oxygen atoms in total. The number of para-hydroxylation sites is 1. The second-order valence-corrected chi connectivity index (χ2v) is 11.6. The van der Waals surface area contributed by atoms with Gasteiger partial charge in [0.05, 0.1) is 0 Å². The third kappa shape index (κ3) is 15.8. The number of benzene rings is 2. The number of carbonyl (C=O) groups is 2. The molecule has 0 spiro atoms. The van der Waals surface area contributed by atoms with Gasteiger partial charge in [-0.15, -0.1) is 0 Å². The number of amides is 2. The summed E-state index contributed by atoms with van der Waals surface area (Å²) in [6.45, 7) is 4.86. The van der Waals surface area contributed by atoms with Gasteiger partial charge in [-0.25, -0.2) is 0 Å². The summed E-state index contributed by atoms with van der Waals surface area (Å²) in [6, 6.07) is 16.9. The van der Waals surface area contributed by atoms with Crippen LogP contribution < -0.4 is 10.2 Å². The molecule has 0 aliphatic carbocycles. The summed E-state index contributed by atoms with van der Waals surface area (Å²) in [4.78, 5) is 27.1. The summed E-state index contributed by atoms with van der Waals surface area (Å²) in [5, 5.41) is 2.98. The zero-order valence-electron chi connectivity index (χ0n) is 26.3. The van der Waals surface area contributed by atoms with Crippen molar-refractivity contribution in [3.05, 3.63) is 60.2 Å². The molecule has 41 heavy (non-hydrogen) atoms. The molecule has 228 valence electrons. The highest BCUT2D eigenvalue weighted by atomic mass is 16.2. The highest BCUT2D eigenvalue weighted by Gasteiger charge is 2.16. The summed E-state index contributed by atoms with van der Waals surface area (Å²) < 4.78 is 0. The Hall–Kier alpha value is -2.62. The molecule has 0 atom stereocenters. The van der Waals surface area contributed by atoms with Gasteiger partial charge in [-0.1, -0.05) is 141 Å². The van der Waals surface area contributed by atoms with Crippen LogP contribution in [0.5, 0.6) is 0 Å². The molecule has 0 aromatic heterocycles. The monoisotopic (exact) mass is 562 g/mol. The number of anilines is 2. The van der Waals surface area contributed by atoms with Crippen LogP contribution in [0.25, 0.3) is 0 Å². The van der Waals surface area contributed by atoms with Crippen molar-refractivity contribution >= 4 is 23.2 Å². The Labute approximate surface area is 251 Å². The zero-order valence-corrected chi connectivity index (χ0v) is 26.3. The number of hydrogen-bond acceptors (Lipinski definition) is 2. The maximum atomic E-state index is 12.9. The molecule has 2 aromatic carbocycles. The van der Waals surface area contributed by atoms with Crippen molar-refractivity contribution in [2.75, 3.05) is 16.8 Å². The Bertz CT molecular complexity index is 926. The van der Waals surface area contributed by atoms with Crippen LogP contribution in [0.15, 0.2) is 54.6 Å². The molecule has 0 unspecified atom stereocenters. The van der Waals surface area contributed by atoms with Crippen molar-refractivity contribution < 1.29 is 9.59 Å². The molecule has 0 saturated heterocycles. The lowest BCUT2D eigenvalue weighted by Gasteiger charge is -2.21. The fourth-order valence-electron chi connectivity index (χ4n) is 5.49. The highest BCUT2D eigenvalue weighted by molar-refractivity contribution is 6.06. The van der Waals surface area contributed by atoms with Gasteiger partial charge in [0.2, 0.25) is 5.91 Å². The Morgan fingerprint density at radius 1 is 0.561 bits per heavy atom. The predicted octanol–water partition coefficient (Wildman–Crippen LogP) is 11.1. The number of nitrogens with one attached hydrogen (secondary N) is 1. The Morgan fingerprint density at radius 3 is 1.44 bits per heavy atom. The van der Waals surface area contributed by atoms with E-state index in [1.165, 1.54) is 109 Å². The van der Waals surface area contributed by atoms with Crippen molar-refractivity contribution in [2.45, 2.75) is 142 Å². The van der Waals surface area contributed by atoms with E-state index in [9.17, 15) is 9.59 Å². The minimum absolute atomic E-state index is 0.0364. The van der Waals surface area contributed by atoms with E-state index in [0.29, 0.717) is 18.5 Å². The first-order valence-electron chi connectivity index (χ1n) is 16.9. The average molecular weight is 563 g/mol. The smallest absolute Gasteiger partial charge is 0.258 e. The van der Waals surface area contributed by atoms with Crippen LogP contribution in [-0.4, -0.2) is 18.4 Å². The average Bonchev–Trinajstić information content (AvgIpc) is 2.99. The SMILES string of the molecule is CCCCCCCCCCCCCCCCCCCCCC(=O)Nc1ccc(C(=O)N(CC)c2ccccc2)cc1. The molecule has 0 radical (unpaired) electrons. The van der Waals surface area contributed by atoms with Crippen LogP contribution in [0.1, 0.15) is 153 Å². The second-order valence-electron chi connectivity index (χ2n) is 11.6. The third-order valence-electron chi connectivity index (χ3n) is 8.05. The topological polar surface area (TPSA) is 49.4 Å². The van der Waals surface area contributed by atoms with Crippen molar-refractivity contribution in [3.63, 3.8) is 0 Å². The van der Waals surface area contributed by atoms with Crippen molar-refractivity contribution in [1.29, 1.82) is 0 Å². The van der Waals surface area contributed by atoms with Gasteiger partial charge in [0.25, 0.3) is 5.91 Å². The third-order valence-corrected chi connectivity index (χ3v) is 8.05. The van der Waals surface area contributed by atoms with E-state index < -0.39 is 0 Å². The largest absolute Gasteiger partial charge is 0.326 e. The summed E-state index contributed by atoms with van der Waals surface area (Å²) in [6.07, 6.45) is 26.2. The van der Waals surface area contributed by atoms with Gasteiger partial charge in [0.1, 0.15) is 0 Å². The molecule has 0 heterocycles. The van der Waals surface area contributed by atoms with Gasteiger partial charge < -0.3 is 10.2 Å². The molecule has 0 saturated carbocycles. The van der Waals surface area contributed by atoms with E-state index in [0.717, 1.165) is 24.2 Å². The van der Waals surface area contributed by atoms with E-state index in [-0.39, 0.29) is 11.8 Å². The number of unbranched alkanes of at least 4 members (excludes halogenated alkanes) is 18. The number of nitrogens with zero attached hydrogens (tertiary/aromatic N) is 1. The van der Waals surface area contributed by atoms with E-state index in [1.807, 2.05) is 49.4 Å². The van der Waals surface area contributed by atoms with Crippen LogP contribution in [0.4, 0.5) is 11.4 Å². The first kappa shape index (κ1) is 34.6. The number of carbonyl (C=O) groups excluding carboxylic acids is 2. The van der Waals surface area contributed by atoms with E-state index in [2.05, 4.69) is 12.2 Å². The molecule has 2 amide bonds. The maximum absolute atomic E-state index is 12.9. The fraction of sp³-hybridized carbons (Fsp3) is 0.622. The van der Waals surface area contributed by atoms with Gasteiger partial charge in [-0.3, -0.25) is 9.59 Å². The minimum Gasteiger partial charge on any atom is -0.326 e. The molecule has 2 rings (SSSR count). The molecule has 0 bridgehead atoms. The summed E-state index contributed by atoms with van der Waals surface area (Å²) in [5.74, 6) is 0.0150. The lowest BCUT2D eigenvalue weighted by molar-refractivity contribution is -0.116. The lowest BCUT2D eigenvalue weighted by Crippen LogP contribution is -2.30. The van der Waals surface area contributed by atoms with E-state index in [1.54, 1.807) is 17.0 Å². The molecule has 4 heteroatoms. The quantitative estimate of drug-likeness (QED) is 0.129. The van der Waals surface area contributed by atoms with Crippen LogP contribution in [0.2, 0.25) is 0 Å². The molecule has 2 aromatic rings. The Kier molecular flexibility index (Phi) is 19.4. The highest BCUT2D eigenvalue weighted by Crippen LogP contribution is 2.19. The molecule has 0 fully saturated rings. The normalized spacial score (nSPS) is 11.0. The Morgan fingerprint density at radius 2 is 1.00 bits per heavy atom. The number of hydrogen-bond donors (Lipinski definition) is 1. The maximum Gasteiger partial charge on any atom is 0.258 e. The van der Waals surface area contributed by atoms with Crippen molar-refractivity contribution in [3.8, 4) is 0 Å². The Balaban J connectivity index is 1.43.